The normalized spacial score (nSPS) is 12.0. The first-order valence-corrected chi connectivity index (χ1v) is 8.86. The van der Waals surface area contributed by atoms with Crippen LogP contribution in [0.5, 0.6) is 5.88 Å². The van der Waals surface area contributed by atoms with Gasteiger partial charge < -0.3 is 4.74 Å². The van der Waals surface area contributed by atoms with Gasteiger partial charge >= 0.3 is 6.18 Å². The monoisotopic (exact) mass is 405 g/mol. The summed E-state index contributed by atoms with van der Waals surface area (Å²) >= 11 is 0. The number of aromatic nitrogens is 1. The van der Waals surface area contributed by atoms with Crippen molar-refractivity contribution in [3.05, 3.63) is 57.8 Å². The van der Waals surface area contributed by atoms with E-state index in [1.807, 2.05) is 0 Å². The molecule has 0 amide bonds. The first-order chi connectivity index (χ1) is 12.5. The lowest BCUT2D eigenvalue weighted by molar-refractivity contribution is -0.387. The summed E-state index contributed by atoms with van der Waals surface area (Å²) in [6.45, 7) is -0.444. The highest BCUT2D eigenvalue weighted by Crippen LogP contribution is 2.27. The molecule has 27 heavy (non-hydrogen) atoms. The van der Waals surface area contributed by atoms with Gasteiger partial charge in [-0.1, -0.05) is 12.1 Å². The fourth-order valence-electron chi connectivity index (χ4n) is 2.18. The van der Waals surface area contributed by atoms with Crippen LogP contribution >= 0.6 is 0 Å². The average molecular weight is 405 g/mol. The zero-order chi connectivity index (χ0) is 20.2. The molecule has 8 nitrogen and oxygen atoms in total. The molecule has 0 unspecified atom stereocenters. The zero-order valence-electron chi connectivity index (χ0n) is 13.9. The van der Waals surface area contributed by atoms with E-state index in [1.165, 1.54) is 25.1 Å². The van der Waals surface area contributed by atoms with Crippen LogP contribution < -0.4 is 9.46 Å². The Labute approximate surface area is 152 Å². The van der Waals surface area contributed by atoms with Crippen LogP contribution in [0.15, 0.2) is 41.4 Å². The highest BCUT2D eigenvalue weighted by molar-refractivity contribution is 7.89. The number of alkyl halides is 3. The van der Waals surface area contributed by atoms with Crippen LogP contribution in [-0.2, 0) is 16.6 Å². The molecule has 0 spiro atoms. The first-order valence-electron chi connectivity index (χ1n) is 7.38. The molecule has 1 aromatic carbocycles. The van der Waals surface area contributed by atoms with E-state index >= 15 is 0 Å². The maximum absolute atomic E-state index is 12.5. The Morgan fingerprint density at radius 3 is 2.63 bits per heavy atom. The van der Waals surface area contributed by atoms with Gasteiger partial charge in [-0.15, -0.1) is 0 Å². The highest BCUT2D eigenvalue weighted by atomic mass is 32.2. The van der Waals surface area contributed by atoms with Gasteiger partial charge in [0.1, 0.15) is 0 Å². The second-order valence-corrected chi connectivity index (χ2v) is 7.11. The lowest BCUT2D eigenvalue weighted by atomic mass is 10.2. The van der Waals surface area contributed by atoms with E-state index in [0.29, 0.717) is 0 Å². The average Bonchev–Trinajstić information content (AvgIpc) is 2.57. The number of nitro benzene ring substituents is 1. The molecular formula is C15H14F3N3O5S. The Morgan fingerprint density at radius 1 is 1.30 bits per heavy atom. The van der Waals surface area contributed by atoms with Gasteiger partial charge in [0.2, 0.25) is 15.9 Å². The molecule has 0 fully saturated rings. The molecule has 146 valence electrons. The molecule has 0 aliphatic rings. The van der Waals surface area contributed by atoms with Crippen molar-refractivity contribution >= 4 is 15.7 Å². The van der Waals surface area contributed by atoms with E-state index in [2.05, 4.69) is 14.4 Å². The van der Waals surface area contributed by atoms with Crippen molar-refractivity contribution in [2.24, 2.45) is 0 Å². The Bertz CT molecular complexity index is 948. The van der Waals surface area contributed by atoms with Crippen molar-refractivity contribution in [2.45, 2.75) is 24.5 Å². The Kier molecular flexibility index (Phi) is 6.01. The minimum absolute atomic E-state index is 0.181. The van der Waals surface area contributed by atoms with Crippen LogP contribution in [0.4, 0.5) is 18.9 Å². The predicted octanol–water partition coefficient (Wildman–Crippen LogP) is 2.72. The van der Waals surface area contributed by atoms with Crippen LogP contribution in [-0.4, -0.2) is 31.1 Å². The molecule has 0 bridgehead atoms. The number of pyridine rings is 1. The Balaban J connectivity index is 2.18. The summed E-state index contributed by atoms with van der Waals surface area (Å²) in [5.74, 6) is -0.328. The predicted molar refractivity (Wildman–Crippen MR) is 87.6 cm³/mol. The zero-order valence-corrected chi connectivity index (χ0v) is 14.7. The van der Waals surface area contributed by atoms with Crippen LogP contribution in [0.3, 0.4) is 0 Å². The number of ether oxygens (including phenoxy) is 1. The van der Waals surface area contributed by atoms with E-state index in [4.69, 9.17) is 0 Å². The van der Waals surface area contributed by atoms with Crippen molar-refractivity contribution in [3.63, 3.8) is 0 Å². The lowest BCUT2D eigenvalue weighted by Gasteiger charge is -2.11. The molecule has 0 radical (unpaired) electrons. The number of nitro groups is 1. The van der Waals surface area contributed by atoms with Gasteiger partial charge in [-0.05, 0) is 24.1 Å². The number of hydrogen-bond donors (Lipinski definition) is 1. The van der Waals surface area contributed by atoms with Crippen LogP contribution in [0, 0.1) is 17.0 Å². The molecule has 12 heteroatoms. The van der Waals surface area contributed by atoms with Crippen LogP contribution in [0.1, 0.15) is 11.1 Å². The summed E-state index contributed by atoms with van der Waals surface area (Å²) in [6.07, 6.45) is -3.38. The smallest absolute Gasteiger partial charge is 0.422 e. The number of rotatable bonds is 7. The second-order valence-electron chi connectivity index (χ2n) is 5.41. The Morgan fingerprint density at radius 2 is 2.00 bits per heavy atom. The number of nitrogens with one attached hydrogen (secondary N) is 1. The molecule has 0 aliphatic carbocycles. The third kappa shape index (κ3) is 5.62. The number of benzene rings is 1. The quantitative estimate of drug-likeness (QED) is 0.560. The number of sulfonamides is 1. The largest absolute Gasteiger partial charge is 0.468 e. The van der Waals surface area contributed by atoms with Crippen molar-refractivity contribution < 1.29 is 31.2 Å². The van der Waals surface area contributed by atoms with E-state index in [1.54, 1.807) is 0 Å². The molecule has 1 aromatic heterocycles. The molecule has 2 aromatic rings. The number of nitrogens with zero attached hydrogens (tertiary/aromatic N) is 2. The van der Waals surface area contributed by atoms with E-state index in [0.717, 1.165) is 18.3 Å². The first kappa shape index (κ1) is 20.6. The standard InChI is InChI=1S/C15H14F3N3O5S/c1-10-3-2-4-12(21(22)23)14(10)27(24,25)20-8-11-5-6-19-13(7-11)26-9-15(16,17)18/h2-7,20H,8-9H2,1H3. The van der Waals surface area contributed by atoms with Crippen molar-refractivity contribution in [1.82, 2.24) is 9.71 Å². The van der Waals surface area contributed by atoms with Crippen molar-refractivity contribution in [2.75, 3.05) is 6.61 Å². The van der Waals surface area contributed by atoms with Gasteiger partial charge in [0.15, 0.2) is 11.5 Å². The fourth-order valence-corrected chi connectivity index (χ4v) is 3.59. The summed E-state index contributed by atoms with van der Waals surface area (Å²) in [7, 11) is -4.25. The molecule has 0 saturated heterocycles. The number of hydrogen-bond acceptors (Lipinski definition) is 6. The van der Waals surface area contributed by atoms with Gasteiger partial charge in [0.25, 0.3) is 5.69 Å². The summed E-state index contributed by atoms with van der Waals surface area (Å²) < 4.78 is 68.2. The summed E-state index contributed by atoms with van der Waals surface area (Å²) in [5.41, 5.74) is -0.131. The van der Waals surface area contributed by atoms with Crippen LogP contribution in [0.2, 0.25) is 0 Å². The third-order valence-corrected chi connectivity index (χ3v) is 4.90. The van der Waals surface area contributed by atoms with Gasteiger partial charge in [-0.3, -0.25) is 10.1 Å². The van der Waals surface area contributed by atoms with E-state index in [9.17, 15) is 31.7 Å². The minimum atomic E-state index is -4.54. The highest BCUT2D eigenvalue weighted by Gasteiger charge is 2.29. The third-order valence-electron chi connectivity index (χ3n) is 3.31. The Hall–Kier alpha value is -2.73. The van der Waals surface area contributed by atoms with Gasteiger partial charge in [0.05, 0.1) is 4.92 Å². The molecule has 0 saturated carbocycles. The van der Waals surface area contributed by atoms with Crippen molar-refractivity contribution in [1.29, 1.82) is 0 Å². The molecule has 0 aliphatic heterocycles. The van der Waals surface area contributed by atoms with E-state index in [-0.39, 0.29) is 23.6 Å². The SMILES string of the molecule is Cc1cccc([N+](=O)[O-])c1S(=O)(=O)NCc1ccnc(OCC(F)(F)F)c1. The molecule has 1 heterocycles. The van der Waals surface area contributed by atoms with E-state index < -0.39 is 38.3 Å². The molecule has 1 N–H and O–H groups in total. The number of aryl methyl sites for hydroxylation is 1. The lowest BCUT2D eigenvalue weighted by Crippen LogP contribution is -2.25. The maximum Gasteiger partial charge on any atom is 0.422 e. The van der Waals surface area contributed by atoms with Gasteiger partial charge in [0, 0.05) is 24.9 Å². The van der Waals surface area contributed by atoms with Gasteiger partial charge in [-0.2, -0.15) is 13.2 Å². The van der Waals surface area contributed by atoms with Crippen molar-refractivity contribution in [3.8, 4) is 5.88 Å². The van der Waals surface area contributed by atoms with Gasteiger partial charge in [-0.25, -0.2) is 18.1 Å². The molecular weight excluding hydrogens is 391 g/mol. The fraction of sp³-hybridized carbons (Fsp3) is 0.267. The van der Waals surface area contributed by atoms with Crippen LogP contribution in [0.25, 0.3) is 0 Å². The summed E-state index contributed by atoms with van der Waals surface area (Å²) in [4.78, 5) is 13.4. The topological polar surface area (TPSA) is 111 Å². The second kappa shape index (κ2) is 7.88. The maximum atomic E-state index is 12.5. The molecule has 0 atom stereocenters. The number of halogens is 3. The summed E-state index contributed by atoms with van der Waals surface area (Å²) in [6, 6.07) is 6.35. The minimum Gasteiger partial charge on any atom is -0.468 e. The molecule has 2 rings (SSSR count). The summed E-state index contributed by atoms with van der Waals surface area (Å²) in [5, 5.41) is 11.1.